The van der Waals surface area contributed by atoms with E-state index in [4.69, 9.17) is 10.5 Å². The Bertz CT molecular complexity index is 1930. The third-order valence-corrected chi connectivity index (χ3v) is 6.66. The number of phenols is 1. The minimum absolute atomic E-state index is 0.0750. The summed E-state index contributed by atoms with van der Waals surface area (Å²) in [5, 5.41) is 28.5. The van der Waals surface area contributed by atoms with Gasteiger partial charge in [0, 0.05) is 26.3 Å². The number of halogens is 7. The van der Waals surface area contributed by atoms with Gasteiger partial charge in [-0.15, -0.1) is 0 Å². The van der Waals surface area contributed by atoms with Crippen LogP contribution in [0.15, 0.2) is 59.1 Å². The Morgan fingerprint density at radius 2 is 1.36 bits per heavy atom. The van der Waals surface area contributed by atoms with Crippen LogP contribution in [0, 0.1) is 22.7 Å². The van der Waals surface area contributed by atoms with Gasteiger partial charge in [0.05, 0.1) is 30.4 Å². The van der Waals surface area contributed by atoms with E-state index in [0.717, 1.165) is 19.2 Å². The van der Waals surface area contributed by atoms with Crippen molar-refractivity contribution < 1.29 is 41.0 Å². The fourth-order valence-electron chi connectivity index (χ4n) is 4.09. The fraction of sp³-hybridized carbons (Fsp3) is 0.107. The van der Waals surface area contributed by atoms with E-state index in [9.17, 15) is 36.2 Å². The van der Waals surface area contributed by atoms with Gasteiger partial charge in [-0.3, -0.25) is 0 Å². The number of hydrogen-bond donors (Lipinski definition) is 3. The summed E-state index contributed by atoms with van der Waals surface area (Å²) in [6.07, 6.45) is -8.98. The van der Waals surface area contributed by atoms with Crippen molar-refractivity contribution in [2.45, 2.75) is 12.4 Å². The fourth-order valence-corrected chi connectivity index (χ4v) is 4.66. The number of carbonyl (C=O) groups is 1. The first-order valence-corrected chi connectivity index (χ1v) is 12.3. The van der Waals surface area contributed by atoms with E-state index in [1.54, 1.807) is 0 Å². The number of esters is 1. The molecule has 0 aliphatic carbocycles. The van der Waals surface area contributed by atoms with E-state index < -0.39 is 29.7 Å². The van der Waals surface area contributed by atoms with Crippen LogP contribution in [-0.4, -0.2) is 28.2 Å². The number of benzene rings is 3. The van der Waals surface area contributed by atoms with Crippen molar-refractivity contribution in [2.75, 3.05) is 7.11 Å². The summed E-state index contributed by atoms with van der Waals surface area (Å²) in [5.41, 5.74) is -0.287. The normalized spacial score (nSPS) is 11.5. The van der Waals surface area contributed by atoms with E-state index >= 15 is 0 Å². The molecule has 0 atom stereocenters. The maximum Gasteiger partial charge on any atom is 0.431 e. The van der Waals surface area contributed by atoms with Gasteiger partial charge in [-0.05, 0) is 59.7 Å². The molecule has 0 saturated carbocycles. The highest BCUT2D eigenvalue weighted by atomic mass is 79.9. The first-order valence-electron chi connectivity index (χ1n) is 11.5. The van der Waals surface area contributed by atoms with Crippen LogP contribution in [0.2, 0.25) is 0 Å². The predicted molar refractivity (Wildman–Crippen MR) is 142 cm³/mol. The minimum atomic E-state index is -4.57. The number of aromatic amines is 2. The van der Waals surface area contributed by atoms with Crippen molar-refractivity contribution in [2.24, 2.45) is 0 Å². The smallest absolute Gasteiger partial charge is 0.431 e. The van der Waals surface area contributed by atoms with E-state index in [1.807, 2.05) is 12.1 Å². The first kappa shape index (κ1) is 30.0. The van der Waals surface area contributed by atoms with Crippen molar-refractivity contribution in [3.8, 4) is 29.0 Å². The molecule has 42 heavy (non-hydrogen) atoms. The van der Waals surface area contributed by atoms with Gasteiger partial charge in [0.1, 0.15) is 22.7 Å². The highest BCUT2D eigenvalue weighted by Gasteiger charge is 2.34. The van der Waals surface area contributed by atoms with Gasteiger partial charge >= 0.3 is 18.3 Å². The summed E-state index contributed by atoms with van der Waals surface area (Å²) in [4.78, 5) is 16.1. The lowest BCUT2D eigenvalue weighted by molar-refractivity contribution is -0.141. The molecular weight excluding hydrogens is 634 g/mol. The second kappa shape index (κ2) is 11.1. The third kappa shape index (κ3) is 6.04. The number of fused-ring (bicyclic) bond motifs is 2. The van der Waals surface area contributed by atoms with Crippen LogP contribution in [0.4, 0.5) is 26.3 Å². The van der Waals surface area contributed by atoms with E-state index in [0.29, 0.717) is 32.1 Å². The standard InChI is InChI=1S/C18H11F3N2O3.C10H4BrF3N2/c1-26-17(25)11-3-2-10(6-15(11)24)12-4-9(8-22)5-14-13(12)7-16(23-14)18(19,20)21;11-7-1-5(4-15)2-8-6(7)3-9(16-8)10(12,13)14/h2-7,23-24H,1H3;1-3,16H. The largest absolute Gasteiger partial charge is 0.507 e. The number of phenolic OH excluding ortho intramolecular Hbond substituents is 1. The second-order valence-corrected chi connectivity index (χ2v) is 9.57. The monoisotopic (exact) mass is 648 g/mol. The zero-order valence-corrected chi connectivity index (χ0v) is 22.6. The topological polar surface area (TPSA) is 126 Å². The quantitative estimate of drug-likeness (QED) is 0.132. The van der Waals surface area contributed by atoms with Crippen molar-refractivity contribution in [1.82, 2.24) is 9.97 Å². The van der Waals surface area contributed by atoms with Crippen LogP contribution in [0.1, 0.15) is 32.9 Å². The summed E-state index contributed by atoms with van der Waals surface area (Å²) in [6.45, 7) is 0. The van der Waals surface area contributed by atoms with Gasteiger partial charge in [0.2, 0.25) is 0 Å². The molecule has 214 valence electrons. The van der Waals surface area contributed by atoms with Gasteiger partial charge in [-0.2, -0.15) is 36.9 Å². The van der Waals surface area contributed by atoms with Crippen LogP contribution in [0.5, 0.6) is 5.75 Å². The number of methoxy groups -OCH3 is 1. The highest BCUT2D eigenvalue weighted by molar-refractivity contribution is 9.10. The summed E-state index contributed by atoms with van der Waals surface area (Å²) in [5.74, 6) is -1.12. The van der Waals surface area contributed by atoms with Crippen LogP contribution >= 0.6 is 15.9 Å². The SMILES string of the molecule is COC(=O)c1ccc(-c2cc(C#N)cc3[nH]c(C(F)(F)F)cc23)cc1O.N#Cc1cc(Br)c2cc(C(F)(F)F)[nH]c2c1. The number of nitriles is 2. The maximum absolute atomic E-state index is 13.0. The zero-order valence-electron chi connectivity index (χ0n) is 21.0. The van der Waals surface area contributed by atoms with Gasteiger partial charge < -0.3 is 19.8 Å². The van der Waals surface area contributed by atoms with Gasteiger partial charge in [-0.1, -0.05) is 22.0 Å². The average molecular weight is 649 g/mol. The Morgan fingerprint density at radius 1 is 0.833 bits per heavy atom. The molecule has 0 aliphatic heterocycles. The summed E-state index contributed by atoms with van der Waals surface area (Å²) >= 11 is 3.13. The molecule has 0 aliphatic rings. The second-order valence-electron chi connectivity index (χ2n) is 8.71. The molecule has 5 aromatic rings. The Labute approximate surface area is 240 Å². The van der Waals surface area contributed by atoms with Gasteiger partial charge in [0.15, 0.2) is 0 Å². The Kier molecular flexibility index (Phi) is 7.96. The number of aromatic hydroxyl groups is 1. The van der Waals surface area contributed by atoms with Crippen molar-refractivity contribution >= 4 is 43.7 Å². The molecular formula is C28H15BrF6N4O3. The Hall–Kier alpha value is -4.95. The minimum Gasteiger partial charge on any atom is -0.507 e. The number of alkyl halides is 6. The van der Waals surface area contributed by atoms with Crippen LogP contribution < -0.4 is 0 Å². The number of carbonyl (C=O) groups excluding carboxylic acids is 1. The zero-order chi connectivity index (χ0) is 31.0. The molecule has 0 radical (unpaired) electrons. The molecule has 5 rings (SSSR count). The molecule has 2 heterocycles. The maximum atomic E-state index is 13.0. The van der Waals surface area contributed by atoms with Crippen LogP contribution in [0.3, 0.4) is 0 Å². The molecule has 0 unspecified atom stereocenters. The number of H-pyrrole nitrogens is 2. The highest BCUT2D eigenvalue weighted by Crippen LogP contribution is 2.38. The summed E-state index contributed by atoms with van der Waals surface area (Å²) in [7, 11) is 1.16. The Morgan fingerprint density at radius 3 is 1.86 bits per heavy atom. The summed E-state index contributed by atoms with van der Waals surface area (Å²) < 4.78 is 81.3. The van der Waals surface area contributed by atoms with E-state index in [2.05, 4.69) is 30.6 Å². The molecule has 0 spiro atoms. The molecule has 14 heteroatoms. The Balaban J connectivity index is 0.000000216. The number of hydrogen-bond acceptors (Lipinski definition) is 5. The summed E-state index contributed by atoms with van der Waals surface area (Å²) in [6, 6.07) is 15.3. The molecule has 0 fully saturated rings. The van der Waals surface area contributed by atoms with Crippen molar-refractivity contribution in [3.05, 3.63) is 87.1 Å². The van der Waals surface area contributed by atoms with Crippen molar-refractivity contribution in [3.63, 3.8) is 0 Å². The number of nitrogens with zero attached hydrogens (tertiary/aromatic N) is 2. The first-order chi connectivity index (χ1) is 19.7. The van der Waals surface area contributed by atoms with Crippen molar-refractivity contribution in [1.29, 1.82) is 10.5 Å². The lowest BCUT2D eigenvalue weighted by Crippen LogP contribution is -2.04. The van der Waals surface area contributed by atoms with Gasteiger partial charge in [0.25, 0.3) is 0 Å². The molecule has 3 aromatic carbocycles. The number of aromatic nitrogens is 2. The molecule has 0 bridgehead atoms. The number of ether oxygens (including phenoxy) is 1. The molecule has 2 aromatic heterocycles. The lowest BCUT2D eigenvalue weighted by atomic mass is 9.97. The molecule has 0 saturated heterocycles. The van der Waals surface area contributed by atoms with Crippen LogP contribution in [-0.2, 0) is 17.1 Å². The molecule has 3 N–H and O–H groups in total. The van der Waals surface area contributed by atoms with E-state index in [1.165, 1.54) is 42.5 Å². The predicted octanol–water partition coefficient (Wildman–Crippen LogP) is 8.04. The average Bonchev–Trinajstić information content (AvgIpc) is 3.57. The van der Waals surface area contributed by atoms with Crippen LogP contribution in [0.25, 0.3) is 32.9 Å². The van der Waals surface area contributed by atoms with E-state index in [-0.39, 0.29) is 27.8 Å². The number of rotatable bonds is 2. The van der Waals surface area contributed by atoms with Gasteiger partial charge in [-0.25, -0.2) is 4.79 Å². The number of nitrogens with one attached hydrogen (secondary N) is 2. The molecule has 7 nitrogen and oxygen atoms in total. The lowest BCUT2D eigenvalue weighted by Gasteiger charge is -2.08. The molecule has 0 amide bonds. The third-order valence-electron chi connectivity index (χ3n) is 6.01.